The number of ether oxygens (including phenoxy) is 1. The van der Waals surface area contributed by atoms with Gasteiger partial charge in [0.1, 0.15) is 16.5 Å². The molecule has 6 nitrogen and oxygen atoms in total. The minimum atomic E-state index is -0.529. The fourth-order valence-corrected chi connectivity index (χ4v) is 3.46. The van der Waals surface area contributed by atoms with Crippen LogP contribution >= 0.6 is 11.6 Å². The van der Waals surface area contributed by atoms with Crippen molar-refractivity contribution in [1.29, 1.82) is 0 Å². The van der Waals surface area contributed by atoms with Crippen LogP contribution in [0.15, 0.2) is 95.7 Å². The molecule has 4 rings (SSSR count). The van der Waals surface area contributed by atoms with Gasteiger partial charge in [0.15, 0.2) is 0 Å². The van der Waals surface area contributed by atoms with Crippen LogP contribution in [0.1, 0.15) is 15.9 Å². The lowest BCUT2D eigenvalue weighted by Gasteiger charge is -2.15. The monoisotopic (exact) mass is 446 g/mol. The molecule has 1 heterocycles. The topological polar surface area (TPSA) is 75.7 Å². The minimum Gasteiger partial charge on any atom is -0.423 e. The average Bonchev–Trinajstić information content (AvgIpc) is 3.02. The second-order valence-electron chi connectivity index (χ2n) is 7.09. The van der Waals surface area contributed by atoms with E-state index >= 15 is 0 Å². The van der Waals surface area contributed by atoms with Gasteiger partial charge in [-0.1, -0.05) is 60.1 Å². The van der Waals surface area contributed by atoms with Crippen molar-refractivity contribution in [2.24, 2.45) is 0 Å². The quantitative estimate of drug-likeness (QED) is 0.331. The predicted octanol–water partition coefficient (Wildman–Crippen LogP) is 4.38. The fraction of sp³-hybridized carbons (Fsp3) is 0.0800. The highest BCUT2D eigenvalue weighted by atomic mass is 35.5. The SMILES string of the molecule is O=C(Oc1ccccc1)c1ccc(NC2=C(Cl)C(=O)N(CCc3ccccc3)C2=O)cc1. The number of benzene rings is 3. The summed E-state index contributed by atoms with van der Waals surface area (Å²) in [7, 11) is 0. The molecule has 0 aromatic heterocycles. The molecule has 0 saturated heterocycles. The molecule has 2 amide bonds. The molecule has 0 atom stereocenters. The summed E-state index contributed by atoms with van der Waals surface area (Å²) in [5.74, 6) is -1.07. The lowest BCUT2D eigenvalue weighted by molar-refractivity contribution is -0.137. The summed E-state index contributed by atoms with van der Waals surface area (Å²) >= 11 is 6.15. The van der Waals surface area contributed by atoms with Gasteiger partial charge in [-0.3, -0.25) is 14.5 Å². The Morgan fingerprint density at radius 1 is 0.844 bits per heavy atom. The number of carbonyl (C=O) groups excluding carboxylic acids is 3. The maximum absolute atomic E-state index is 12.8. The molecule has 0 bridgehead atoms. The number of nitrogens with zero attached hydrogens (tertiary/aromatic N) is 1. The van der Waals surface area contributed by atoms with Crippen LogP contribution in [-0.4, -0.2) is 29.2 Å². The van der Waals surface area contributed by atoms with E-state index in [4.69, 9.17) is 16.3 Å². The Morgan fingerprint density at radius 2 is 1.47 bits per heavy atom. The molecular weight excluding hydrogens is 428 g/mol. The van der Waals surface area contributed by atoms with Crippen LogP contribution in [-0.2, 0) is 16.0 Å². The minimum absolute atomic E-state index is 0.0179. The summed E-state index contributed by atoms with van der Waals surface area (Å²) < 4.78 is 5.30. The van der Waals surface area contributed by atoms with Gasteiger partial charge in [0, 0.05) is 12.2 Å². The van der Waals surface area contributed by atoms with Crippen LogP contribution in [0.5, 0.6) is 5.75 Å². The average molecular weight is 447 g/mol. The van der Waals surface area contributed by atoms with E-state index in [9.17, 15) is 14.4 Å². The zero-order valence-corrected chi connectivity index (χ0v) is 17.7. The van der Waals surface area contributed by atoms with Gasteiger partial charge in [-0.15, -0.1) is 0 Å². The fourth-order valence-electron chi connectivity index (χ4n) is 3.23. The van der Waals surface area contributed by atoms with Crippen molar-refractivity contribution < 1.29 is 19.1 Å². The van der Waals surface area contributed by atoms with Crippen LogP contribution in [0.4, 0.5) is 5.69 Å². The van der Waals surface area contributed by atoms with Crippen molar-refractivity contribution in [1.82, 2.24) is 4.90 Å². The van der Waals surface area contributed by atoms with Crippen LogP contribution in [0.2, 0.25) is 0 Å². The Hall–Kier alpha value is -3.90. The van der Waals surface area contributed by atoms with Crippen molar-refractivity contribution in [3.05, 3.63) is 107 Å². The number of amides is 2. The van der Waals surface area contributed by atoms with E-state index in [0.717, 1.165) is 10.5 Å². The summed E-state index contributed by atoms with van der Waals surface area (Å²) in [6.07, 6.45) is 0.536. The number of nitrogens with one attached hydrogen (secondary N) is 1. The first-order valence-electron chi connectivity index (χ1n) is 9.97. The Morgan fingerprint density at radius 3 is 2.12 bits per heavy atom. The van der Waals surface area contributed by atoms with Gasteiger partial charge in [0.25, 0.3) is 11.8 Å². The maximum atomic E-state index is 12.8. The van der Waals surface area contributed by atoms with E-state index in [2.05, 4.69) is 5.32 Å². The van der Waals surface area contributed by atoms with Crippen LogP contribution < -0.4 is 10.1 Å². The normalized spacial score (nSPS) is 13.5. The predicted molar refractivity (Wildman–Crippen MR) is 121 cm³/mol. The Bertz CT molecular complexity index is 1180. The molecule has 0 spiro atoms. The zero-order chi connectivity index (χ0) is 22.5. The third-order valence-corrected chi connectivity index (χ3v) is 5.27. The van der Waals surface area contributed by atoms with Crippen LogP contribution in [0.25, 0.3) is 0 Å². The summed E-state index contributed by atoms with van der Waals surface area (Å²) in [6, 6.07) is 24.7. The maximum Gasteiger partial charge on any atom is 0.343 e. The number of esters is 1. The number of carbonyl (C=O) groups is 3. The van der Waals surface area contributed by atoms with Crippen LogP contribution in [0, 0.1) is 0 Å². The van der Waals surface area contributed by atoms with E-state index in [-0.39, 0.29) is 17.3 Å². The van der Waals surface area contributed by atoms with Gasteiger partial charge in [-0.05, 0) is 48.4 Å². The molecule has 3 aromatic rings. The molecule has 1 aliphatic heterocycles. The van der Waals surface area contributed by atoms with Crippen molar-refractivity contribution in [2.75, 3.05) is 11.9 Å². The van der Waals surface area contributed by atoms with Crippen LogP contribution in [0.3, 0.4) is 0 Å². The number of rotatable bonds is 7. The molecule has 0 radical (unpaired) electrons. The highest BCUT2D eigenvalue weighted by Gasteiger charge is 2.37. The van der Waals surface area contributed by atoms with E-state index in [1.165, 1.54) is 0 Å². The van der Waals surface area contributed by atoms with Gasteiger partial charge in [0.2, 0.25) is 0 Å². The molecule has 0 fully saturated rings. The molecular formula is C25H19ClN2O4. The molecule has 160 valence electrons. The standard InChI is InChI=1S/C25H19ClN2O4/c26-21-22(24(30)28(23(21)29)16-15-17-7-3-1-4-8-17)27-19-13-11-18(12-14-19)25(31)32-20-9-5-2-6-10-20/h1-14,27H,15-16H2. The lowest BCUT2D eigenvalue weighted by atomic mass is 10.1. The number of anilines is 1. The Balaban J connectivity index is 1.40. The summed E-state index contributed by atoms with van der Waals surface area (Å²) in [4.78, 5) is 38.6. The van der Waals surface area contributed by atoms with Gasteiger partial charge >= 0.3 is 5.97 Å². The van der Waals surface area contributed by atoms with E-state index in [0.29, 0.717) is 23.4 Å². The summed E-state index contributed by atoms with van der Waals surface area (Å²) in [6.45, 7) is 0.230. The number of para-hydroxylation sites is 1. The van der Waals surface area contributed by atoms with Gasteiger partial charge in [-0.25, -0.2) is 4.79 Å². The lowest BCUT2D eigenvalue weighted by Crippen LogP contribution is -2.34. The van der Waals surface area contributed by atoms with Crippen molar-refractivity contribution in [3.63, 3.8) is 0 Å². The van der Waals surface area contributed by atoms with Crippen molar-refractivity contribution in [2.45, 2.75) is 6.42 Å². The third kappa shape index (κ3) is 4.71. The Labute approximate surface area is 190 Å². The van der Waals surface area contributed by atoms with E-state index < -0.39 is 17.8 Å². The highest BCUT2D eigenvalue weighted by Crippen LogP contribution is 2.26. The highest BCUT2D eigenvalue weighted by molar-refractivity contribution is 6.48. The number of hydrogen-bond donors (Lipinski definition) is 1. The van der Waals surface area contributed by atoms with E-state index in [1.807, 2.05) is 36.4 Å². The van der Waals surface area contributed by atoms with Gasteiger partial charge in [-0.2, -0.15) is 0 Å². The molecule has 3 aromatic carbocycles. The number of hydrogen-bond acceptors (Lipinski definition) is 5. The largest absolute Gasteiger partial charge is 0.423 e. The van der Waals surface area contributed by atoms with Gasteiger partial charge in [0.05, 0.1) is 5.56 Å². The second-order valence-corrected chi connectivity index (χ2v) is 7.47. The van der Waals surface area contributed by atoms with Gasteiger partial charge < -0.3 is 10.1 Å². The zero-order valence-electron chi connectivity index (χ0n) is 17.0. The second kappa shape index (κ2) is 9.49. The molecule has 7 heteroatoms. The molecule has 0 saturated carbocycles. The smallest absolute Gasteiger partial charge is 0.343 e. The third-order valence-electron chi connectivity index (χ3n) is 4.92. The Kier molecular flexibility index (Phi) is 6.33. The molecule has 1 aliphatic rings. The molecule has 0 aliphatic carbocycles. The van der Waals surface area contributed by atoms with E-state index in [1.54, 1.807) is 48.5 Å². The van der Waals surface area contributed by atoms with Crippen molar-refractivity contribution in [3.8, 4) is 5.75 Å². The first-order valence-corrected chi connectivity index (χ1v) is 10.3. The molecule has 32 heavy (non-hydrogen) atoms. The first kappa shape index (κ1) is 21.3. The molecule has 1 N–H and O–H groups in total. The first-order chi connectivity index (χ1) is 15.5. The van der Waals surface area contributed by atoms with Crippen molar-refractivity contribution >= 4 is 35.1 Å². The summed E-state index contributed by atoms with van der Waals surface area (Å²) in [5, 5.41) is 2.74. The molecule has 0 unspecified atom stereocenters. The number of halogens is 1. The number of imide groups is 1. The summed E-state index contributed by atoms with van der Waals surface area (Å²) in [5.41, 5.74) is 1.89.